The lowest BCUT2D eigenvalue weighted by Crippen LogP contribution is -2.53. The Morgan fingerprint density at radius 3 is 2.34 bits per heavy atom. The molecule has 0 saturated heterocycles. The van der Waals surface area contributed by atoms with Crippen LogP contribution in [-0.4, -0.2) is 34.9 Å². The molecule has 0 saturated carbocycles. The number of hydrogen-bond donors (Lipinski definition) is 1. The summed E-state index contributed by atoms with van der Waals surface area (Å²) in [7, 11) is 0. The third-order valence-electron chi connectivity index (χ3n) is 5.07. The maximum atomic E-state index is 13.2. The zero-order valence-electron chi connectivity index (χ0n) is 20.2. The van der Waals surface area contributed by atoms with E-state index >= 15 is 0 Å². The van der Waals surface area contributed by atoms with Crippen molar-refractivity contribution >= 4 is 27.7 Å². The fourth-order valence-electron chi connectivity index (χ4n) is 3.28. The number of nitrogens with one attached hydrogen (secondary N) is 1. The summed E-state index contributed by atoms with van der Waals surface area (Å²) in [5.41, 5.74) is 2.87. The highest BCUT2D eigenvalue weighted by Crippen LogP contribution is 2.29. The summed E-state index contributed by atoms with van der Waals surface area (Å²) in [5.74, 6) is 0.558. The van der Waals surface area contributed by atoms with Crippen molar-refractivity contribution in [1.82, 2.24) is 10.2 Å². The Hall–Kier alpha value is -2.34. The van der Waals surface area contributed by atoms with E-state index in [9.17, 15) is 9.59 Å². The van der Waals surface area contributed by atoms with E-state index in [1.165, 1.54) is 5.56 Å². The number of hydrogen-bond acceptors (Lipinski definition) is 3. The Morgan fingerprint density at radius 2 is 1.78 bits per heavy atom. The van der Waals surface area contributed by atoms with Crippen molar-refractivity contribution in [1.29, 1.82) is 0 Å². The van der Waals surface area contributed by atoms with Gasteiger partial charge in [0.05, 0.1) is 4.47 Å². The Bertz CT molecular complexity index is 950. The van der Waals surface area contributed by atoms with E-state index in [2.05, 4.69) is 35.1 Å². The van der Waals surface area contributed by atoms with E-state index < -0.39 is 6.04 Å². The fraction of sp³-hybridized carbons (Fsp3) is 0.462. The molecule has 0 aliphatic heterocycles. The van der Waals surface area contributed by atoms with E-state index in [0.29, 0.717) is 18.2 Å². The van der Waals surface area contributed by atoms with Crippen molar-refractivity contribution in [3.05, 3.63) is 63.6 Å². The van der Waals surface area contributed by atoms with Crippen LogP contribution in [0.5, 0.6) is 5.75 Å². The molecule has 0 fully saturated rings. The minimum atomic E-state index is -0.641. The number of rotatable bonds is 8. The molecule has 0 aliphatic rings. The van der Waals surface area contributed by atoms with Crippen molar-refractivity contribution in [2.45, 2.75) is 72.5 Å². The number of aryl methyl sites for hydroxylation is 1. The summed E-state index contributed by atoms with van der Waals surface area (Å²) in [6.45, 7) is 13.9. The van der Waals surface area contributed by atoms with Crippen LogP contribution in [0, 0.1) is 6.92 Å². The first kappa shape index (κ1) is 25.9. The second kappa shape index (κ2) is 11.0. The van der Waals surface area contributed by atoms with Gasteiger partial charge in [0.15, 0.2) is 6.61 Å². The minimum absolute atomic E-state index is 0.154. The first-order valence-electron chi connectivity index (χ1n) is 11.0. The highest BCUT2D eigenvalue weighted by atomic mass is 79.9. The second-order valence-electron chi connectivity index (χ2n) is 9.56. The van der Waals surface area contributed by atoms with Crippen molar-refractivity contribution in [2.75, 3.05) is 6.61 Å². The lowest BCUT2D eigenvalue weighted by Gasteiger charge is -2.31. The molecule has 6 heteroatoms. The molecule has 0 bridgehead atoms. The van der Waals surface area contributed by atoms with E-state index in [1.54, 1.807) is 11.8 Å². The smallest absolute Gasteiger partial charge is 0.261 e. The molecule has 0 aromatic heterocycles. The molecule has 5 nitrogen and oxygen atoms in total. The highest BCUT2D eigenvalue weighted by molar-refractivity contribution is 9.10. The monoisotopic (exact) mass is 502 g/mol. The quantitative estimate of drug-likeness (QED) is 0.511. The molecule has 2 aromatic rings. The number of ether oxygens (including phenoxy) is 1. The average molecular weight is 503 g/mol. The van der Waals surface area contributed by atoms with Gasteiger partial charge in [-0.3, -0.25) is 9.59 Å². The van der Waals surface area contributed by atoms with Gasteiger partial charge in [-0.05, 0) is 79.7 Å². The first-order valence-corrected chi connectivity index (χ1v) is 11.8. The summed E-state index contributed by atoms with van der Waals surface area (Å²) < 4.78 is 6.64. The van der Waals surface area contributed by atoms with Gasteiger partial charge in [-0.15, -0.1) is 0 Å². The van der Waals surface area contributed by atoms with E-state index in [4.69, 9.17) is 4.74 Å². The predicted molar refractivity (Wildman–Crippen MR) is 133 cm³/mol. The van der Waals surface area contributed by atoms with Gasteiger partial charge in [0.25, 0.3) is 5.91 Å². The van der Waals surface area contributed by atoms with Crippen LogP contribution in [0.15, 0.2) is 46.9 Å². The highest BCUT2D eigenvalue weighted by Gasteiger charge is 2.28. The SMILES string of the molecule is Cc1cccc(CN(C(=O)COc2ccc(C(C)C)cc2Br)C(C)C(=O)NC(C)(C)C)c1. The van der Waals surface area contributed by atoms with Crippen molar-refractivity contribution in [3.63, 3.8) is 0 Å². The molecule has 0 radical (unpaired) electrons. The van der Waals surface area contributed by atoms with E-state index in [1.807, 2.05) is 70.2 Å². The maximum Gasteiger partial charge on any atom is 0.261 e. The summed E-state index contributed by atoms with van der Waals surface area (Å²) >= 11 is 3.54. The molecule has 1 N–H and O–H groups in total. The van der Waals surface area contributed by atoms with E-state index in [0.717, 1.165) is 15.6 Å². The molecular formula is C26H35BrN2O3. The number of nitrogens with zero attached hydrogens (tertiary/aromatic N) is 1. The van der Waals surface area contributed by atoms with Gasteiger partial charge in [-0.2, -0.15) is 0 Å². The molecule has 2 rings (SSSR count). The van der Waals surface area contributed by atoms with Gasteiger partial charge in [-0.25, -0.2) is 0 Å². The molecule has 32 heavy (non-hydrogen) atoms. The van der Waals surface area contributed by atoms with Gasteiger partial charge >= 0.3 is 0 Å². The van der Waals surface area contributed by atoms with Gasteiger partial charge < -0.3 is 15.0 Å². The molecular weight excluding hydrogens is 468 g/mol. The number of carbonyl (C=O) groups excluding carboxylic acids is 2. The Morgan fingerprint density at radius 1 is 1.09 bits per heavy atom. The van der Waals surface area contributed by atoms with Crippen LogP contribution in [-0.2, 0) is 16.1 Å². The molecule has 1 unspecified atom stereocenters. The standard InChI is InChI=1S/C26H35BrN2O3/c1-17(2)21-11-12-23(22(27)14-21)32-16-24(30)29(15-20-10-8-9-18(3)13-20)19(4)25(31)28-26(5,6)7/h8-14,17,19H,15-16H2,1-7H3,(H,28,31). The molecule has 0 spiro atoms. The van der Waals surface area contributed by atoms with Gasteiger partial charge in [-0.1, -0.05) is 49.7 Å². The Balaban J connectivity index is 2.20. The maximum absolute atomic E-state index is 13.2. The lowest BCUT2D eigenvalue weighted by molar-refractivity contribution is -0.142. The molecule has 0 heterocycles. The van der Waals surface area contributed by atoms with Crippen LogP contribution in [0.2, 0.25) is 0 Å². The zero-order valence-corrected chi connectivity index (χ0v) is 21.7. The number of carbonyl (C=O) groups is 2. The number of halogens is 1. The average Bonchev–Trinajstić information content (AvgIpc) is 2.69. The van der Waals surface area contributed by atoms with Crippen LogP contribution in [0.1, 0.15) is 64.2 Å². The topological polar surface area (TPSA) is 58.6 Å². The molecule has 174 valence electrons. The molecule has 1 atom stereocenters. The summed E-state index contributed by atoms with van der Waals surface area (Å²) in [5, 5.41) is 2.97. The fourth-order valence-corrected chi connectivity index (χ4v) is 3.79. The van der Waals surface area contributed by atoms with Crippen LogP contribution in [0.25, 0.3) is 0 Å². The van der Waals surface area contributed by atoms with Crippen LogP contribution in [0.4, 0.5) is 0 Å². The van der Waals surface area contributed by atoms with Crippen molar-refractivity contribution < 1.29 is 14.3 Å². The third-order valence-corrected chi connectivity index (χ3v) is 5.69. The summed E-state index contributed by atoms with van der Waals surface area (Å²) in [6, 6.07) is 13.2. The van der Waals surface area contributed by atoms with Gasteiger partial charge in [0.2, 0.25) is 5.91 Å². The molecule has 0 aliphatic carbocycles. The number of benzene rings is 2. The first-order chi connectivity index (χ1) is 14.9. The largest absolute Gasteiger partial charge is 0.483 e. The normalized spacial score (nSPS) is 12.4. The minimum Gasteiger partial charge on any atom is -0.483 e. The van der Waals surface area contributed by atoms with Crippen LogP contribution in [0.3, 0.4) is 0 Å². The predicted octanol–water partition coefficient (Wildman–Crippen LogP) is 5.59. The number of amides is 2. The lowest BCUT2D eigenvalue weighted by atomic mass is 10.0. The summed E-state index contributed by atoms with van der Waals surface area (Å²) in [6.07, 6.45) is 0. The van der Waals surface area contributed by atoms with Crippen molar-refractivity contribution in [3.8, 4) is 5.75 Å². The molecule has 2 aromatic carbocycles. The third kappa shape index (κ3) is 7.66. The van der Waals surface area contributed by atoms with Crippen LogP contribution < -0.4 is 10.1 Å². The van der Waals surface area contributed by atoms with Crippen LogP contribution >= 0.6 is 15.9 Å². The van der Waals surface area contributed by atoms with Gasteiger partial charge in [0, 0.05) is 12.1 Å². The Kier molecular flexibility index (Phi) is 8.90. The summed E-state index contributed by atoms with van der Waals surface area (Å²) in [4.78, 5) is 27.6. The van der Waals surface area contributed by atoms with E-state index in [-0.39, 0.29) is 24.0 Å². The second-order valence-corrected chi connectivity index (χ2v) is 10.4. The van der Waals surface area contributed by atoms with Gasteiger partial charge in [0.1, 0.15) is 11.8 Å². The molecule has 2 amide bonds. The Labute approximate surface area is 200 Å². The zero-order chi connectivity index (χ0) is 24.1. The van der Waals surface area contributed by atoms with Crippen molar-refractivity contribution in [2.24, 2.45) is 0 Å².